The molecule has 1 aromatic rings. The molecule has 0 amide bonds. The van der Waals surface area contributed by atoms with Crippen LogP contribution in [0.15, 0.2) is 6.20 Å². The summed E-state index contributed by atoms with van der Waals surface area (Å²) in [5.74, 6) is -0.530. The van der Waals surface area contributed by atoms with Gasteiger partial charge in [0.2, 0.25) is 0 Å². The van der Waals surface area contributed by atoms with Crippen molar-refractivity contribution in [3.63, 3.8) is 0 Å². The van der Waals surface area contributed by atoms with E-state index in [1.54, 1.807) is 13.0 Å². The molecule has 4 nitrogen and oxygen atoms in total. The Labute approximate surface area is 103 Å². The number of nitriles is 1. The molecule has 0 saturated carbocycles. The van der Waals surface area contributed by atoms with Crippen molar-refractivity contribution in [2.45, 2.75) is 26.7 Å². The highest BCUT2D eigenvalue weighted by Crippen LogP contribution is 2.27. The monoisotopic (exact) mass is 254 g/mol. The van der Waals surface area contributed by atoms with Crippen LogP contribution in [0.3, 0.4) is 0 Å². The van der Waals surface area contributed by atoms with Crippen molar-refractivity contribution >= 4 is 5.97 Å². The average molecular weight is 254 g/mol. The summed E-state index contributed by atoms with van der Waals surface area (Å²) in [6.45, 7) is 3.29. The van der Waals surface area contributed by atoms with Crippen LogP contribution in [0.25, 0.3) is 0 Å². The number of aromatic nitrogens is 1. The van der Waals surface area contributed by atoms with E-state index in [1.165, 1.54) is 6.92 Å². The Morgan fingerprint density at radius 1 is 1.61 bits per heavy atom. The van der Waals surface area contributed by atoms with Crippen molar-refractivity contribution in [1.82, 2.24) is 4.98 Å². The quantitative estimate of drug-likeness (QED) is 0.773. The molecule has 0 aliphatic carbocycles. The number of rotatable bonds is 4. The largest absolute Gasteiger partial charge is 0.466 e. The van der Waals surface area contributed by atoms with Crippen LogP contribution in [0.1, 0.15) is 35.7 Å². The van der Waals surface area contributed by atoms with Gasteiger partial charge in [0.1, 0.15) is 6.07 Å². The smallest absolute Gasteiger partial charge is 0.311 e. The van der Waals surface area contributed by atoms with Gasteiger partial charge in [-0.15, -0.1) is 0 Å². The first-order valence-electron chi connectivity index (χ1n) is 5.33. The molecule has 0 unspecified atom stereocenters. The number of pyridine rings is 1. The highest BCUT2D eigenvalue weighted by molar-refractivity contribution is 5.72. The zero-order chi connectivity index (χ0) is 13.7. The third-order valence-electron chi connectivity index (χ3n) is 2.43. The second kappa shape index (κ2) is 6.05. The van der Waals surface area contributed by atoms with Gasteiger partial charge >= 0.3 is 5.97 Å². The van der Waals surface area contributed by atoms with Crippen LogP contribution >= 0.6 is 0 Å². The molecule has 18 heavy (non-hydrogen) atoms. The molecule has 0 fully saturated rings. The van der Waals surface area contributed by atoms with E-state index in [1.807, 2.05) is 0 Å². The number of halogens is 2. The van der Waals surface area contributed by atoms with Gasteiger partial charge in [-0.05, 0) is 19.4 Å². The number of carbonyl (C=O) groups is 1. The number of esters is 1. The molecule has 0 atom stereocenters. The molecule has 96 valence electrons. The summed E-state index contributed by atoms with van der Waals surface area (Å²) in [5, 5.41) is 8.73. The normalized spacial score (nSPS) is 10.2. The maximum atomic E-state index is 12.8. The summed E-state index contributed by atoms with van der Waals surface area (Å²) in [4.78, 5) is 15.1. The van der Waals surface area contributed by atoms with Crippen LogP contribution in [0.2, 0.25) is 0 Å². The van der Waals surface area contributed by atoms with Crippen LogP contribution in [0.5, 0.6) is 0 Å². The van der Waals surface area contributed by atoms with Crippen molar-refractivity contribution < 1.29 is 18.3 Å². The third-order valence-corrected chi connectivity index (χ3v) is 2.43. The van der Waals surface area contributed by atoms with Crippen molar-refractivity contribution in [3.05, 3.63) is 28.6 Å². The molecular formula is C12H12F2N2O2. The second-order valence-corrected chi connectivity index (χ2v) is 3.55. The van der Waals surface area contributed by atoms with Gasteiger partial charge < -0.3 is 4.74 Å². The lowest BCUT2D eigenvalue weighted by atomic mass is 10.0. The van der Waals surface area contributed by atoms with Crippen LogP contribution in [-0.4, -0.2) is 17.6 Å². The van der Waals surface area contributed by atoms with Gasteiger partial charge in [0.05, 0.1) is 24.3 Å². The minimum Gasteiger partial charge on any atom is -0.466 e. The van der Waals surface area contributed by atoms with Gasteiger partial charge in [-0.2, -0.15) is 5.26 Å². The number of hydrogen-bond acceptors (Lipinski definition) is 4. The van der Waals surface area contributed by atoms with Crippen molar-refractivity contribution in [2.75, 3.05) is 6.61 Å². The van der Waals surface area contributed by atoms with E-state index in [4.69, 9.17) is 10.00 Å². The SMILES string of the molecule is CCOC(=O)Cc1ncc(C#N)c(C(F)F)c1C. The lowest BCUT2D eigenvalue weighted by molar-refractivity contribution is -0.142. The molecule has 0 radical (unpaired) electrons. The van der Waals surface area contributed by atoms with Crippen LogP contribution in [0.4, 0.5) is 8.78 Å². The molecule has 0 aliphatic rings. The fourth-order valence-electron chi connectivity index (χ4n) is 1.56. The average Bonchev–Trinajstić information content (AvgIpc) is 2.31. The molecule has 1 heterocycles. The number of ether oxygens (including phenoxy) is 1. The predicted octanol–water partition coefficient (Wildman–Crippen LogP) is 2.30. The summed E-state index contributed by atoms with van der Waals surface area (Å²) in [5.41, 5.74) is -0.165. The Hall–Kier alpha value is -2.03. The molecular weight excluding hydrogens is 242 g/mol. The number of hydrogen-bond donors (Lipinski definition) is 0. The zero-order valence-corrected chi connectivity index (χ0v) is 10.0. The molecule has 6 heteroatoms. The Balaban J connectivity index is 3.13. The van der Waals surface area contributed by atoms with E-state index in [-0.39, 0.29) is 35.4 Å². The Kier molecular flexibility index (Phi) is 4.72. The van der Waals surface area contributed by atoms with Crippen LogP contribution < -0.4 is 0 Å². The van der Waals surface area contributed by atoms with Gasteiger partial charge in [-0.3, -0.25) is 9.78 Å². The minimum atomic E-state index is -2.77. The maximum absolute atomic E-state index is 12.8. The van der Waals surface area contributed by atoms with E-state index in [9.17, 15) is 13.6 Å². The highest BCUT2D eigenvalue weighted by Gasteiger charge is 2.20. The van der Waals surface area contributed by atoms with Crippen molar-refractivity contribution in [3.8, 4) is 6.07 Å². The first-order valence-corrected chi connectivity index (χ1v) is 5.33. The predicted molar refractivity (Wildman–Crippen MR) is 59.0 cm³/mol. The fourth-order valence-corrected chi connectivity index (χ4v) is 1.56. The van der Waals surface area contributed by atoms with E-state index in [2.05, 4.69) is 4.98 Å². The number of nitrogens with zero attached hydrogens (tertiary/aromatic N) is 2. The fraction of sp³-hybridized carbons (Fsp3) is 0.417. The highest BCUT2D eigenvalue weighted by atomic mass is 19.3. The van der Waals surface area contributed by atoms with Gasteiger partial charge in [0, 0.05) is 11.8 Å². The standard InChI is InChI=1S/C12H12F2N2O2/c1-3-18-10(17)4-9-7(2)11(12(13)14)8(5-15)6-16-9/h6,12H,3-4H2,1-2H3. The molecule has 0 aromatic carbocycles. The summed E-state index contributed by atoms with van der Waals surface area (Å²) >= 11 is 0. The maximum Gasteiger partial charge on any atom is 0.311 e. The lowest BCUT2D eigenvalue weighted by Crippen LogP contribution is -2.12. The van der Waals surface area contributed by atoms with E-state index in [0.717, 1.165) is 6.20 Å². The molecule has 0 N–H and O–H groups in total. The number of alkyl halides is 2. The number of carbonyl (C=O) groups excluding carboxylic acids is 1. The Bertz CT molecular complexity index is 496. The molecule has 1 rings (SSSR count). The lowest BCUT2D eigenvalue weighted by Gasteiger charge is -2.11. The Morgan fingerprint density at radius 3 is 2.78 bits per heavy atom. The summed E-state index contributed by atoms with van der Waals surface area (Å²) in [7, 11) is 0. The summed E-state index contributed by atoms with van der Waals surface area (Å²) in [6, 6.07) is 1.66. The zero-order valence-electron chi connectivity index (χ0n) is 10.0. The van der Waals surface area contributed by atoms with E-state index >= 15 is 0 Å². The van der Waals surface area contributed by atoms with Gasteiger partial charge in [0.25, 0.3) is 6.43 Å². The van der Waals surface area contributed by atoms with Crippen LogP contribution in [-0.2, 0) is 16.0 Å². The van der Waals surface area contributed by atoms with Gasteiger partial charge in [-0.25, -0.2) is 8.78 Å². The van der Waals surface area contributed by atoms with Gasteiger partial charge in [-0.1, -0.05) is 0 Å². The summed E-state index contributed by atoms with van der Waals surface area (Å²) in [6.07, 6.45) is -1.89. The molecule has 1 aromatic heterocycles. The van der Waals surface area contributed by atoms with Crippen molar-refractivity contribution in [1.29, 1.82) is 5.26 Å². The first kappa shape index (κ1) is 14.0. The molecule has 0 saturated heterocycles. The van der Waals surface area contributed by atoms with Gasteiger partial charge in [0.15, 0.2) is 0 Å². The van der Waals surface area contributed by atoms with Crippen molar-refractivity contribution in [2.24, 2.45) is 0 Å². The van der Waals surface area contributed by atoms with E-state index in [0.29, 0.717) is 0 Å². The Morgan fingerprint density at radius 2 is 2.28 bits per heavy atom. The first-order chi connectivity index (χ1) is 8.51. The third kappa shape index (κ3) is 3.00. The summed E-state index contributed by atoms with van der Waals surface area (Å²) < 4.78 is 30.4. The molecule has 0 aliphatic heterocycles. The van der Waals surface area contributed by atoms with E-state index < -0.39 is 12.4 Å². The topological polar surface area (TPSA) is 63.0 Å². The molecule has 0 spiro atoms. The second-order valence-electron chi connectivity index (χ2n) is 3.55. The van der Waals surface area contributed by atoms with Crippen LogP contribution in [0, 0.1) is 18.3 Å². The molecule has 0 bridgehead atoms. The minimum absolute atomic E-state index is 0.164.